The number of hydrogen-bond donors (Lipinski definition) is 2. The van der Waals surface area contributed by atoms with Gasteiger partial charge in [0.05, 0.1) is 5.02 Å². The van der Waals surface area contributed by atoms with Crippen LogP contribution in [0.25, 0.3) is 0 Å². The minimum atomic E-state index is -1.38. The first-order valence-corrected chi connectivity index (χ1v) is 5.50. The lowest BCUT2D eigenvalue weighted by Crippen LogP contribution is -2.36. The van der Waals surface area contributed by atoms with Gasteiger partial charge in [0.1, 0.15) is 11.7 Å². The molecule has 0 saturated heterocycles. The quantitative estimate of drug-likeness (QED) is 0.480. The van der Waals surface area contributed by atoms with Gasteiger partial charge < -0.3 is 5.11 Å². The molecule has 0 aromatic heterocycles. The number of nitrogens with two attached hydrogens (primary N) is 1. The molecule has 1 aromatic carbocycles. The maximum atomic E-state index is 9.43. The summed E-state index contributed by atoms with van der Waals surface area (Å²) >= 11 is 5.94. The van der Waals surface area contributed by atoms with E-state index in [-0.39, 0.29) is 6.04 Å². The van der Waals surface area contributed by atoms with Crippen molar-refractivity contribution >= 4 is 17.3 Å². The highest BCUT2D eigenvalue weighted by Crippen LogP contribution is 2.24. The normalized spacial score (nSPS) is 27.8. The van der Waals surface area contributed by atoms with E-state index >= 15 is 0 Å². The Morgan fingerprint density at radius 2 is 1.88 bits per heavy atom. The molecular weight excluding hydrogens is 238 g/mol. The lowest BCUT2D eigenvalue weighted by Gasteiger charge is -2.18. The van der Waals surface area contributed by atoms with Gasteiger partial charge in [-0.3, -0.25) is 5.73 Å². The van der Waals surface area contributed by atoms with E-state index in [1.165, 1.54) is 12.2 Å². The van der Waals surface area contributed by atoms with E-state index in [0.717, 1.165) is 0 Å². The first-order chi connectivity index (χ1) is 8.07. The lowest BCUT2D eigenvalue weighted by atomic mass is 10.1. The van der Waals surface area contributed by atoms with Gasteiger partial charge in [-0.05, 0) is 24.3 Å². The Bertz CT molecular complexity index is 478. The van der Waals surface area contributed by atoms with Gasteiger partial charge in [0.15, 0.2) is 5.72 Å². The summed E-state index contributed by atoms with van der Waals surface area (Å²) < 4.78 is 0. The number of rotatable bonds is 2. The summed E-state index contributed by atoms with van der Waals surface area (Å²) in [5.74, 6) is 0. The van der Waals surface area contributed by atoms with Crippen LogP contribution in [0.4, 0.5) is 5.69 Å². The molecule has 0 unspecified atom stereocenters. The van der Waals surface area contributed by atoms with Crippen molar-refractivity contribution in [3.63, 3.8) is 0 Å². The molecule has 1 aliphatic carbocycles. The molecule has 0 spiro atoms. The molecule has 5 heteroatoms. The fraction of sp³-hybridized carbons (Fsp3) is 0.167. The molecule has 0 saturated carbocycles. The summed E-state index contributed by atoms with van der Waals surface area (Å²) in [5, 5.41) is 18.1. The summed E-state index contributed by atoms with van der Waals surface area (Å²) in [6.07, 6.45) is 6.31. The van der Waals surface area contributed by atoms with E-state index in [9.17, 15) is 5.11 Å². The maximum absolute atomic E-state index is 9.43. The van der Waals surface area contributed by atoms with Crippen LogP contribution in [0.5, 0.6) is 0 Å². The molecule has 0 aliphatic heterocycles. The van der Waals surface area contributed by atoms with Crippen molar-refractivity contribution in [2.75, 3.05) is 0 Å². The average molecular weight is 250 g/mol. The highest BCUT2D eigenvalue weighted by atomic mass is 35.5. The summed E-state index contributed by atoms with van der Waals surface area (Å²) in [6, 6.07) is 6.97. The maximum Gasteiger partial charge on any atom is 0.152 e. The largest absolute Gasteiger partial charge is 0.369 e. The standard InChI is InChI=1S/C12H12ClN3O/c13-10-3-1-2-4-11(10)16-15-9-5-7-12(14,17)8-6-9/h1-9,17H,14H2. The molecule has 17 heavy (non-hydrogen) atoms. The zero-order valence-corrected chi connectivity index (χ0v) is 9.75. The molecule has 0 atom stereocenters. The predicted octanol–water partition coefficient (Wildman–Crippen LogP) is 2.57. The number of aliphatic hydroxyl groups is 1. The molecule has 3 N–H and O–H groups in total. The zero-order chi connectivity index (χ0) is 12.3. The molecule has 1 aromatic rings. The van der Waals surface area contributed by atoms with E-state index < -0.39 is 5.72 Å². The van der Waals surface area contributed by atoms with Crippen LogP contribution in [0.2, 0.25) is 5.02 Å². The SMILES string of the molecule is NC1(O)C=CC(N=Nc2ccccc2Cl)C=C1. The summed E-state index contributed by atoms with van der Waals surface area (Å²) in [6.45, 7) is 0. The van der Waals surface area contributed by atoms with Crippen molar-refractivity contribution in [2.24, 2.45) is 16.0 Å². The Morgan fingerprint density at radius 1 is 1.24 bits per heavy atom. The van der Waals surface area contributed by atoms with Gasteiger partial charge >= 0.3 is 0 Å². The Kier molecular flexibility index (Phi) is 3.38. The van der Waals surface area contributed by atoms with Gasteiger partial charge in [-0.15, -0.1) is 0 Å². The highest BCUT2D eigenvalue weighted by molar-refractivity contribution is 6.32. The van der Waals surface area contributed by atoms with Crippen molar-refractivity contribution in [2.45, 2.75) is 11.8 Å². The van der Waals surface area contributed by atoms with Gasteiger partial charge in [0.25, 0.3) is 0 Å². The number of azo groups is 1. The van der Waals surface area contributed by atoms with Gasteiger partial charge in [-0.1, -0.05) is 35.9 Å². The molecule has 2 rings (SSSR count). The van der Waals surface area contributed by atoms with Crippen LogP contribution in [0.3, 0.4) is 0 Å². The van der Waals surface area contributed by atoms with Crippen molar-refractivity contribution in [1.29, 1.82) is 0 Å². The van der Waals surface area contributed by atoms with Crippen molar-refractivity contribution in [1.82, 2.24) is 0 Å². The summed E-state index contributed by atoms with van der Waals surface area (Å²) in [4.78, 5) is 0. The number of hydrogen-bond acceptors (Lipinski definition) is 4. The van der Waals surface area contributed by atoms with Crippen LogP contribution >= 0.6 is 11.6 Å². The minimum Gasteiger partial charge on any atom is -0.369 e. The average Bonchev–Trinajstić information content (AvgIpc) is 2.30. The molecule has 88 valence electrons. The van der Waals surface area contributed by atoms with E-state index in [4.69, 9.17) is 17.3 Å². The molecule has 0 fully saturated rings. The van der Waals surface area contributed by atoms with Crippen molar-refractivity contribution in [3.8, 4) is 0 Å². The number of benzene rings is 1. The minimum absolute atomic E-state index is 0.227. The molecule has 0 radical (unpaired) electrons. The third-order valence-corrected chi connectivity index (χ3v) is 2.59. The zero-order valence-electron chi connectivity index (χ0n) is 8.99. The number of halogens is 1. The molecular formula is C12H12ClN3O. The Labute approximate surface area is 104 Å². The Hall–Kier alpha value is -1.49. The van der Waals surface area contributed by atoms with Crippen molar-refractivity contribution in [3.05, 3.63) is 53.6 Å². The first-order valence-electron chi connectivity index (χ1n) is 5.12. The second kappa shape index (κ2) is 4.79. The van der Waals surface area contributed by atoms with Gasteiger partial charge in [0.2, 0.25) is 0 Å². The first kappa shape index (κ1) is 12.0. The van der Waals surface area contributed by atoms with Crippen LogP contribution in [0, 0.1) is 0 Å². The van der Waals surface area contributed by atoms with Gasteiger partial charge in [-0.25, -0.2) is 0 Å². The predicted molar refractivity (Wildman–Crippen MR) is 67.2 cm³/mol. The second-order valence-corrected chi connectivity index (χ2v) is 4.17. The van der Waals surface area contributed by atoms with E-state index in [1.54, 1.807) is 24.3 Å². The van der Waals surface area contributed by atoms with Gasteiger partial charge in [0, 0.05) is 0 Å². The van der Waals surface area contributed by atoms with E-state index in [0.29, 0.717) is 10.7 Å². The van der Waals surface area contributed by atoms with Crippen molar-refractivity contribution < 1.29 is 5.11 Å². The summed E-state index contributed by atoms with van der Waals surface area (Å²) in [7, 11) is 0. The topological polar surface area (TPSA) is 71.0 Å². The lowest BCUT2D eigenvalue weighted by molar-refractivity contribution is 0.148. The fourth-order valence-electron chi connectivity index (χ4n) is 1.36. The third kappa shape index (κ3) is 3.23. The third-order valence-electron chi connectivity index (χ3n) is 2.27. The monoisotopic (exact) mass is 249 g/mol. The molecule has 0 heterocycles. The Balaban J connectivity index is 2.09. The highest BCUT2D eigenvalue weighted by Gasteiger charge is 2.17. The molecule has 0 bridgehead atoms. The molecule has 4 nitrogen and oxygen atoms in total. The Morgan fingerprint density at radius 3 is 2.53 bits per heavy atom. The van der Waals surface area contributed by atoms with Crippen LogP contribution in [0.1, 0.15) is 0 Å². The molecule has 1 aliphatic rings. The van der Waals surface area contributed by atoms with Gasteiger partial charge in [-0.2, -0.15) is 10.2 Å². The fourth-order valence-corrected chi connectivity index (χ4v) is 1.54. The van der Waals surface area contributed by atoms with E-state index in [1.807, 2.05) is 12.1 Å². The second-order valence-electron chi connectivity index (χ2n) is 3.76. The van der Waals surface area contributed by atoms with E-state index in [2.05, 4.69) is 10.2 Å². The smallest absolute Gasteiger partial charge is 0.152 e. The molecule has 0 amide bonds. The number of nitrogens with zero attached hydrogens (tertiary/aromatic N) is 2. The van der Waals surface area contributed by atoms with Crippen LogP contribution < -0.4 is 5.73 Å². The summed E-state index contributed by atoms with van der Waals surface area (Å²) in [5.41, 5.74) is 4.70. The van der Waals surface area contributed by atoms with Crippen LogP contribution in [-0.4, -0.2) is 16.9 Å². The van der Waals surface area contributed by atoms with Crippen LogP contribution in [0.15, 0.2) is 58.8 Å². The van der Waals surface area contributed by atoms with Crippen LogP contribution in [-0.2, 0) is 0 Å².